The average Bonchev–Trinajstić information content (AvgIpc) is 1.59. The molecule has 0 atom stereocenters. The molecule has 28 nitrogen and oxygen atoms in total. The fourth-order valence-electron chi connectivity index (χ4n) is 15.2. The second-order valence-electron chi connectivity index (χ2n) is 30.2. The number of esters is 2. The number of nitrogens with zero attached hydrogens (tertiary/aromatic N) is 10. The second kappa shape index (κ2) is 42.1. The number of benzene rings is 7. The van der Waals surface area contributed by atoms with Gasteiger partial charge in [0.05, 0.1) is 75.3 Å². The number of rotatable bonds is 30. The number of nitrogens with one attached hydrogen (secondary N) is 6. The molecule has 6 N–H and O–H groups in total. The number of amides is 8. The van der Waals surface area contributed by atoms with Gasteiger partial charge in [0.15, 0.2) is 0 Å². The van der Waals surface area contributed by atoms with E-state index in [4.69, 9.17) is 19.4 Å². The number of anilines is 2. The van der Waals surface area contributed by atoms with Crippen molar-refractivity contribution in [1.82, 2.24) is 68.8 Å². The molecule has 2 fully saturated rings. The second-order valence-corrected chi connectivity index (χ2v) is 30.2. The van der Waals surface area contributed by atoms with Crippen molar-refractivity contribution in [3.05, 3.63) is 282 Å². The first-order valence-corrected chi connectivity index (χ1v) is 41.6. The molecule has 0 radical (unpaired) electrons. The third kappa shape index (κ3) is 22.1. The van der Waals surface area contributed by atoms with Gasteiger partial charge in [-0.05, 0) is 137 Å². The summed E-state index contributed by atoms with van der Waals surface area (Å²) in [6.45, 7) is 7.27. The SMILES string of the molecule is CCNC(=O)Nc1ccc(-c2nc3n(Cc4c(F)cccc4F)cc(C(=O)OCC)c(=O)n3c2CN(CC(=O)N2CCC(C(=O)NCC#Cc3ccc(C#CCNC(=O)C4CCN(C(=O)CN(Cc5ccccc5)Cc5c(-c6ccc(NC(=O)NCC)cc6)nc6n(Cc7c(F)cccc7F)cc(C(=O)OCC)c(=O)n56)CC4)cc3)CC2)Cc2ccccc2)cc1. The summed E-state index contributed by atoms with van der Waals surface area (Å²) in [6.07, 6.45) is 3.79. The molecule has 4 aromatic heterocycles. The number of hydrogen-bond acceptors (Lipinski definition) is 16. The lowest BCUT2D eigenvalue weighted by molar-refractivity contribution is -0.136. The maximum atomic E-state index is 15.4. The Morgan fingerprint density at radius 3 is 1.14 bits per heavy atom. The summed E-state index contributed by atoms with van der Waals surface area (Å²) < 4.78 is 77.5. The summed E-state index contributed by atoms with van der Waals surface area (Å²) >= 11 is 0. The summed E-state index contributed by atoms with van der Waals surface area (Å²) in [5, 5.41) is 16.7. The minimum absolute atomic E-state index is 0.0546. The lowest BCUT2D eigenvalue weighted by Gasteiger charge is -2.33. The van der Waals surface area contributed by atoms with Gasteiger partial charge >= 0.3 is 24.0 Å². The number of urea groups is 2. The molecule has 2 aliphatic heterocycles. The predicted molar refractivity (Wildman–Crippen MR) is 464 cm³/mol. The van der Waals surface area contributed by atoms with E-state index in [9.17, 15) is 47.9 Å². The molecule has 0 aliphatic carbocycles. The van der Waals surface area contributed by atoms with E-state index in [0.717, 1.165) is 35.4 Å². The summed E-state index contributed by atoms with van der Waals surface area (Å²) in [6, 6.07) is 45.1. The van der Waals surface area contributed by atoms with Crippen LogP contribution in [0, 0.1) is 58.8 Å². The van der Waals surface area contributed by atoms with E-state index in [-0.39, 0.29) is 161 Å². The Labute approximate surface area is 723 Å². The van der Waals surface area contributed by atoms with Crippen molar-refractivity contribution in [2.75, 3.05) is 89.3 Å². The lowest BCUT2D eigenvalue weighted by Crippen LogP contribution is -2.46. The molecular weight excluding hydrogens is 1620 g/mol. The molecule has 0 unspecified atom stereocenters. The van der Waals surface area contributed by atoms with Gasteiger partial charge in [-0.1, -0.05) is 121 Å². The summed E-state index contributed by atoms with van der Waals surface area (Å²) in [7, 11) is 0. The highest BCUT2D eigenvalue weighted by molar-refractivity contribution is 5.92. The molecule has 0 spiro atoms. The summed E-state index contributed by atoms with van der Waals surface area (Å²) in [4.78, 5) is 155. The lowest BCUT2D eigenvalue weighted by atomic mass is 9.96. The smallest absolute Gasteiger partial charge is 0.345 e. The van der Waals surface area contributed by atoms with Crippen LogP contribution >= 0.6 is 0 Å². The number of fused-ring (bicyclic) bond motifs is 2. The molecular formula is C94H94F4N16O12. The Morgan fingerprint density at radius 2 is 0.802 bits per heavy atom. The minimum atomic E-state index is -0.978. The first kappa shape index (κ1) is 89.3. The molecule has 0 bridgehead atoms. The summed E-state index contributed by atoms with van der Waals surface area (Å²) in [5.41, 5.74) is 2.52. The van der Waals surface area contributed by atoms with Gasteiger partial charge in [-0.15, -0.1) is 0 Å². The molecule has 7 aromatic carbocycles. The van der Waals surface area contributed by atoms with Gasteiger partial charge in [0.1, 0.15) is 34.4 Å². The number of imidazole rings is 2. The Kier molecular flexibility index (Phi) is 29.8. The van der Waals surface area contributed by atoms with Crippen molar-refractivity contribution < 1.29 is 65.4 Å². The van der Waals surface area contributed by atoms with Crippen molar-refractivity contribution in [2.24, 2.45) is 11.8 Å². The standard InChI is InChI=1S/C94H94F4N16O12/c1-5-99-91(123)103-69-37-33-65(34-38-69)83-79(113-87(119)73(89(121)125-7-3)55-111(93(113)105-83)53-71-75(95)25-15-26-76(71)96)57-107(51-63-19-11-9-12-20-63)59-81(115)109-47-41-67(42-48-109)85(117)101-45-17-23-61-29-31-62(32-30-61)24-18-46-102-86(118)68-43-49-110(50-44-68)82(116)60-108(52-64-21-13-10-14-22-64)58-80-84(66-35-39-70(40-36-66)104-92(124)100-6-2)106-94-112(54-72-77(97)27-16-28-78(72)98)56-74(88(120)114(80)94)90(122)126-8-4/h9-16,19-22,25-40,55-56,67-68H,5-8,41-54,57-60H2,1-4H3,(H,101,117)(H,102,118)(H2,99,103,123)(H2,100,104,124). The highest BCUT2D eigenvalue weighted by Gasteiger charge is 2.34. The molecule has 2 aliphatic rings. The number of aromatic nitrogens is 6. The molecule has 126 heavy (non-hydrogen) atoms. The van der Waals surface area contributed by atoms with Crippen molar-refractivity contribution in [2.45, 2.75) is 92.6 Å². The number of hydrogen-bond donors (Lipinski definition) is 6. The number of carbonyl (C=O) groups excluding carboxylic acids is 8. The Balaban J connectivity index is 0.615. The largest absolute Gasteiger partial charge is 0.462 e. The molecule has 11 aromatic rings. The van der Waals surface area contributed by atoms with Gasteiger partial charge < -0.3 is 60.3 Å². The first-order valence-electron chi connectivity index (χ1n) is 41.6. The zero-order valence-electron chi connectivity index (χ0n) is 69.9. The van der Waals surface area contributed by atoms with Crippen LogP contribution in [0.25, 0.3) is 34.1 Å². The van der Waals surface area contributed by atoms with Crippen LogP contribution in [0.5, 0.6) is 0 Å². The van der Waals surface area contributed by atoms with Gasteiger partial charge in [0.2, 0.25) is 35.2 Å². The van der Waals surface area contributed by atoms with Crippen molar-refractivity contribution in [3.8, 4) is 46.2 Å². The molecule has 32 heteroatoms. The molecule has 6 heterocycles. The molecule has 650 valence electrons. The van der Waals surface area contributed by atoms with Crippen LogP contribution < -0.4 is 43.0 Å². The van der Waals surface area contributed by atoms with E-state index in [0.29, 0.717) is 72.4 Å². The molecule has 2 saturated heterocycles. The highest BCUT2D eigenvalue weighted by Crippen LogP contribution is 2.32. The average molecular weight is 1720 g/mol. The maximum absolute atomic E-state index is 15.4. The van der Waals surface area contributed by atoms with Crippen LogP contribution in [0.1, 0.15) is 119 Å². The summed E-state index contributed by atoms with van der Waals surface area (Å²) in [5.74, 6) is 4.82. The maximum Gasteiger partial charge on any atom is 0.345 e. The molecule has 8 amide bonds. The van der Waals surface area contributed by atoms with Gasteiger partial charge in [0, 0.05) is 134 Å². The van der Waals surface area contributed by atoms with Crippen molar-refractivity contribution in [3.63, 3.8) is 0 Å². The third-order valence-corrected chi connectivity index (χ3v) is 21.6. The van der Waals surface area contributed by atoms with Gasteiger partial charge in [-0.25, -0.2) is 55.5 Å². The predicted octanol–water partition coefficient (Wildman–Crippen LogP) is 10.7. The Hall–Kier alpha value is -14.5. The van der Waals surface area contributed by atoms with Crippen LogP contribution in [-0.4, -0.2) is 174 Å². The Morgan fingerprint density at radius 1 is 0.444 bits per heavy atom. The van der Waals surface area contributed by atoms with E-state index in [1.165, 1.54) is 42.5 Å². The zero-order chi connectivity index (χ0) is 88.9. The van der Waals surface area contributed by atoms with E-state index in [1.54, 1.807) is 110 Å². The quantitative estimate of drug-likeness (QED) is 0.0138. The molecule has 0 saturated carbocycles. The highest BCUT2D eigenvalue weighted by atomic mass is 19.1. The third-order valence-electron chi connectivity index (χ3n) is 21.6. The topological polar surface area (TPSA) is 319 Å². The number of likely N-dealkylation sites (tertiary alicyclic amines) is 2. The van der Waals surface area contributed by atoms with Crippen molar-refractivity contribution >= 4 is 70.6 Å². The van der Waals surface area contributed by atoms with E-state index >= 15 is 17.6 Å². The number of halogens is 4. The fraction of sp³-hybridized carbons (Fsp3) is 0.298. The van der Waals surface area contributed by atoms with E-state index in [2.05, 4.69) is 55.6 Å². The van der Waals surface area contributed by atoms with Crippen LogP contribution in [0.4, 0.5) is 38.5 Å². The minimum Gasteiger partial charge on any atom is -0.462 e. The van der Waals surface area contributed by atoms with Gasteiger partial charge in [0.25, 0.3) is 11.1 Å². The number of ether oxygens (including phenoxy) is 2. The van der Waals surface area contributed by atoms with Gasteiger partial charge in [-0.2, -0.15) is 0 Å². The van der Waals surface area contributed by atoms with E-state index in [1.807, 2.05) is 70.5 Å². The zero-order valence-corrected chi connectivity index (χ0v) is 69.9. The monoisotopic (exact) mass is 1710 g/mol. The Bertz CT molecular complexity index is 5700. The number of carbonyl (C=O) groups is 8. The number of piperidine rings is 2. The fourth-order valence-corrected chi connectivity index (χ4v) is 15.2. The van der Waals surface area contributed by atoms with Crippen LogP contribution in [0.15, 0.2) is 192 Å². The van der Waals surface area contributed by atoms with Crippen LogP contribution in [0.2, 0.25) is 0 Å². The van der Waals surface area contributed by atoms with Crippen molar-refractivity contribution in [1.29, 1.82) is 0 Å². The van der Waals surface area contributed by atoms with Gasteiger partial charge in [-0.3, -0.25) is 38.6 Å². The van der Waals surface area contributed by atoms with Crippen LogP contribution in [-0.2, 0) is 67.9 Å². The van der Waals surface area contributed by atoms with Crippen LogP contribution in [0.3, 0.4) is 0 Å². The van der Waals surface area contributed by atoms with E-state index < -0.39 is 94.4 Å². The first-order chi connectivity index (χ1) is 61.0. The normalized spacial score (nSPS) is 12.9. The molecule has 13 rings (SSSR count).